The Balaban J connectivity index is 2.49. The van der Waals surface area contributed by atoms with Gasteiger partial charge in [0, 0.05) is 26.0 Å². The predicted octanol–water partition coefficient (Wildman–Crippen LogP) is 2.15. The number of nitrogens with one attached hydrogen (secondary N) is 1. The zero-order valence-electron chi connectivity index (χ0n) is 12.3. The fourth-order valence-electron chi connectivity index (χ4n) is 1.74. The predicted molar refractivity (Wildman–Crippen MR) is 82.7 cm³/mol. The van der Waals surface area contributed by atoms with Crippen LogP contribution in [-0.4, -0.2) is 34.4 Å². The molecule has 6 heteroatoms. The first kappa shape index (κ1) is 16.8. The summed E-state index contributed by atoms with van der Waals surface area (Å²) in [4.78, 5) is 0.165. The minimum absolute atomic E-state index is 0.165. The van der Waals surface area contributed by atoms with Gasteiger partial charge in [0.15, 0.2) is 9.84 Å². The van der Waals surface area contributed by atoms with Crippen molar-refractivity contribution in [3.05, 3.63) is 18.2 Å². The topological polar surface area (TPSA) is 81.4 Å². The Morgan fingerprint density at radius 1 is 1.35 bits per heavy atom. The highest BCUT2D eigenvalue weighted by Gasteiger charge is 2.13. The van der Waals surface area contributed by atoms with E-state index in [1.807, 2.05) is 0 Å². The van der Waals surface area contributed by atoms with Crippen LogP contribution in [0.3, 0.4) is 0 Å². The van der Waals surface area contributed by atoms with Gasteiger partial charge in [-0.3, -0.25) is 0 Å². The Morgan fingerprint density at radius 2 is 2.05 bits per heavy atom. The van der Waals surface area contributed by atoms with Crippen LogP contribution in [0.25, 0.3) is 0 Å². The van der Waals surface area contributed by atoms with Crippen LogP contribution in [-0.2, 0) is 14.6 Å². The summed E-state index contributed by atoms with van der Waals surface area (Å²) in [5.41, 5.74) is 6.80. The normalized spacial score (nSPS) is 11.8. The van der Waals surface area contributed by atoms with E-state index in [-0.39, 0.29) is 10.6 Å². The quantitative estimate of drug-likeness (QED) is 0.568. The highest BCUT2D eigenvalue weighted by Crippen LogP contribution is 2.26. The molecule has 0 aromatic heterocycles. The highest BCUT2D eigenvalue weighted by atomic mass is 32.2. The van der Waals surface area contributed by atoms with Crippen LogP contribution in [0.5, 0.6) is 0 Å². The van der Waals surface area contributed by atoms with Crippen LogP contribution in [0, 0.1) is 5.92 Å². The van der Waals surface area contributed by atoms with Crippen LogP contribution in [0.1, 0.15) is 20.3 Å². The summed E-state index contributed by atoms with van der Waals surface area (Å²) in [6, 6.07) is 4.98. The second-order valence-corrected chi connectivity index (χ2v) is 7.22. The second-order valence-electron chi connectivity index (χ2n) is 5.24. The molecule has 0 aliphatic rings. The zero-order valence-corrected chi connectivity index (χ0v) is 13.2. The molecule has 0 heterocycles. The van der Waals surface area contributed by atoms with Gasteiger partial charge in [-0.25, -0.2) is 8.42 Å². The number of hydrogen-bond acceptors (Lipinski definition) is 5. The molecule has 0 atom stereocenters. The molecule has 5 nitrogen and oxygen atoms in total. The van der Waals surface area contributed by atoms with Gasteiger partial charge in [-0.05, 0) is 24.5 Å². The van der Waals surface area contributed by atoms with Gasteiger partial charge < -0.3 is 15.8 Å². The maximum Gasteiger partial charge on any atom is 0.177 e. The number of ether oxygens (including phenoxy) is 1. The molecule has 0 spiro atoms. The lowest BCUT2D eigenvalue weighted by Gasteiger charge is -2.12. The smallest absolute Gasteiger partial charge is 0.177 e. The molecular weight excluding hydrogens is 276 g/mol. The maximum atomic E-state index is 11.6. The monoisotopic (exact) mass is 300 g/mol. The van der Waals surface area contributed by atoms with Crippen molar-refractivity contribution >= 4 is 21.2 Å². The average molecular weight is 300 g/mol. The number of para-hydroxylation sites is 1. The Kier molecular flexibility index (Phi) is 6.29. The molecular formula is C14H24N2O3S. The summed E-state index contributed by atoms with van der Waals surface area (Å²) in [5.74, 6) is 0.532. The van der Waals surface area contributed by atoms with E-state index < -0.39 is 9.84 Å². The molecule has 1 rings (SSSR count). The van der Waals surface area contributed by atoms with Gasteiger partial charge in [0.05, 0.1) is 16.3 Å². The molecule has 0 fully saturated rings. The summed E-state index contributed by atoms with van der Waals surface area (Å²) < 4.78 is 28.6. The van der Waals surface area contributed by atoms with Gasteiger partial charge in [-0.15, -0.1) is 0 Å². The molecule has 0 aliphatic heterocycles. The van der Waals surface area contributed by atoms with E-state index in [0.29, 0.717) is 24.8 Å². The average Bonchev–Trinajstić information content (AvgIpc) is 2.33. The van der Waals surface area contributed by atoms with E-state index >= 15 is 0 Å². The highest BCUT2D eigenvalue weighted by molar-refractivity contribution is 7.90. The van der Waals surface area contributed by atoms with E-state index in [0.717, 1.165) is 19.3 Å². The third-order valence-corrected chi connectivity index (χ3v) is 3.85. The van der Waals surface area contributed by atoms with E-state index in [2.05, 4.69) is 19.2 Å². The van der Waals surface area contributed by atoms with Crippen LogP contribution in [0.2, 0.25) is 0 Å². The summed E-state index contributed by atoms with van der Waals surface area (Å²) in [7, 11) is -3.29. The van der Waals surface area contributed by atoms with Crippen molar-refractivity contribution in [3.8, 4) is 0 Å². The SMILES string of the molecule is CC(C)COCCCNc1cccc(S(C)(=O)=O)c1N. The van der Waals surface area contributed by atoms with Gasteiger partial charge >= 0.3 is 0 Å². The number of anilines is 2. The Bertz CT molecular complexity index is 527. The van der Waals surface area contributed by atoms with Crippen molar-refractivity contribution in [1.29, 1.82) is 0 Å². The molecule has 0 amide bonds. The van der Waals surface area contributed by atoms with Crippen molar-refractivity contribution in [2.45, 2.75) is 25.2 Å². The molecule has 0 unspecified atom stereocenters. The molecule has 0 bridgehead atoms. The van der Waals surface area contributed by atoms with Crippen LogP contribution >= 0.6 is 0 Å². The maximum absolute atomic E-state index is 11.6. The number of rotatable bonds is 8. The van der Waals surface area contributed by atoms with E-state index in [1.165, 1.54) is 6.07 Å². The lowest BCUT2D eigenvalue weighted by molar-refractivity contribution is 0.110. The minimum Gasteiger partial charge on any atom is -0.396 e. The summed E-state index contributed by atoms with van der Waals surface area (Å²) in [6.45, 7) is 6.34. The number of nitrogens with two attached hydrogens (primary N) is 1. The second kappa shape index (κ2) is 7.50. The van der Waals surface area contributed by atoms with E-state index in [1.54, 1.807) is 12.1 Å². The Morgan fingerprint density at radius 3 is 2.65 bits per heavy atom. The van der Waals surface area contributed by atoms with E-state index in [9.17, 15) is 8.42 Å². The van der Waals surface area contributed by atoms with Gasteiger partial charge in [0.2, 0.25) is 0 Å². The van der Waals surface area contributed by atoms with Crippen molar-refractivity contribution in [1.82, 2.24) is 0 Å². The molecule has 0 saturated carbocycles. The third-order valence-electron chi connectivity index (χ3n) is 2.70. The molecule has 1 aromatic rings. The van der Waals surface area contributed by atoms with Gasteiger partial charge in [-0.1, -0.05) is 19.9 Å². The Labute approximate surface area is 121 Å². The first-order valence-corrected chi connectivity index (χ1v) is 8.61. The fourth-order valence-corrected chi connectivity index (χ4v) is 2.57. The zero-order chi connectivity index (χ0) is 15.2. The van der Waals surface area contributed by atoms with Crippen molar-refractivity contribution in [2.75, 3.05) is 37.1 Å². The summed E-state index contributed by atoms with van der Waals surface area (Å²) >= 11 is 0. The van der Waals surface area contributed by atoms with Gasteiger partial charge in [0.1, 0.15) is 0 Å². The molecule has 20 heavy (non-hydrogen) atoms. The largest absolute Gasteiger partial charge is 0.396 e. The minimum atomic E-state index is -3.29. The molecule has 3 N–H and O–H groups in total. The van der Waals surface area contributed by atoms with Gasteiger partial charge in [-0.2, -0.15) is 0 Å². The molecule has 0 aliphatic carbocycles. The number of sulfone groups is 1. The summed E-state index contributed by atoms with van der Waals surface area (Å²) in [6.07, 6.45) is 2.00. The first-order chi connectivity index (χ1) is 9.32. The first-order valence-electron chi connectivity index (χ1n) is 6.72. The van der Waals surface area contributed by atoms with E-state index in [4.69, 9.17) is 10.5 Å². The number of benzene rings is 1. The van der Waals surface area contributed by atoms with Crippen LogP contribution < -0.4 is 11.1 Å². The Hall–Kier alpha value is -1.27. The fraction of sp³-hybridized carbons (Fsp3) is 0.571. The van der Waals surface area contributed by atoms with Crippen molar-refractivity contribution in [2.24, 2.45) is 5.92 Å². The number of hydrogen-bond donors (Lipinski definition) is 2. The third kappa shape index (κ3) is 5.38. The molecule has 0 saturated heterocycles. The van der Waals surface area contributed by atoms with Gasteiger partial charge in [0.25, 0.3) is 0 Å². The van der Waals surface area contributed by atoms with Crippen molar-refractivity contribution in [3.63, 3.8) is 0 Å². The number of nitrogen functional groups attached to an aromatic ring is 1. The lowest BCUT2D eigenvalue weighted by atomic mass is 10.2. The standard InChI is InChI=1S/C14H24N2O3S/c1-11(2)10-19-9-5-8-16-12-6-4-7-13(14(12)15)20(3,17)18/h4,6-7,11,16H,5,8-10,15H2,1-3H3. The summed E-state index contributed by atoms with van der Waals surface area (Å²) in [5, 5.41) is 3.14. The lowest BCUT2D eigenvalue weighted by Crippen LogP contribution is -2.11. The molecule has 0 radical (unpaired) electrons. The molecule has 114 valence electrons. The molecule has 1 aromatic carbocycles. The van der Waals surface area contributed by atoms with Crippen LogP contribution in [0.15, 0.2) is 23.1 Å². The van der Waals surface area contributed by atoms with Crippen molar-refractivity contribution < 1.29 is 13.2 Å². The van der Waals surface area contributed by atoms with Crippen LogP contribution in [0.4, 0.5) is 11.4 Å².